The molecule has 1 unspecified atom stereocenters. The molecule has 7 heteroatoms. The fourth-order valence-corrected chi connectivity index (χ4v) is 2.53. The van der Waals surface area contributed by atoms with Crippen LogP contribution in [-0.2, 0) is 15.1 Å². The zero-order valence-corrected chi connectivity index (χ0v) is 8.70. The molecule has 13 heavy (non-hydrogen) atoms. The molecule has 0 saturated carbocycles. The highest BCUT2D eigenvalue weighted by Crippen LogP contribution is 2.20. The van der Waals surface area contributed by atoms with E-state index in [-0.39, 0.29) is 16.1 Å². The Bertz CT molecular complexity index is 388. The molecule has 1 atom stereocenters. The summed E-state index contributed by atoms with van der Waals surface area (Å²) in [6.07, 6.45) is 0. The fourth-order valence-electron chi connectivity index (χ4n) is 0.816. The summed E-state index contributed by atoms with van der Waals surface area (Å²) in [5, 5.41) is 2.56. The fraction of sp³-hybridized carbons (Fsp3) is 0.500. The van der Waals surface area contributed by atoms with Crippen molar-refractivity contribution < 1.29 is 13.2 Å². The predicted octanol–water partition coefficient (Wildman–Crippen LogP) is -0.377. The average Bonchev–Trinajstić information content (AvgIpc) is 2.29. The normalized spacial score (nSPS) is 21.2. The number of carbonyl (C=O) groups excluding carboxylic acids is 1. The maximum atomic E-state index is 10.6. The van der Waals surface area contributed by atoms with Gasteiger partial charge in [-0.15, -0.1) is 0 Å². The van der Waals surface area contributed by atoms with E-state index < -0.39 is 10.3 Å². The van der Waals surface area contributed by atoms with Gasteiger partial charge in [-0.05, 0) is 6.92 Å². The lowest BCUT2D eigenvalue weighted by Crippen LogP contribution is -2.24. The van der Waals surface area contributed by atoms with Gasteiger partial charge in [-0.3, -0.25) is 4.79 Å². The first kappa shape index (κ1) is 10.3. The Morgan fingerprint density at radius 3 is 2.62 bits per heavy atom. The average molecular weight is 220 g/mol. The molecular weight excluding hydrogens is 212 g/mol. The zero-order valence-electron chi connectivity index (χ0n) is 7.07. The van der Waals surface area contributed by atoms with Crippen LogP contribution < -0.4 is 5.32 Å². The van der Waals surface area contributed by atoms with Crippen LogP contribution in [0.15, 0.2) is 4.99 Å². The van der Waals surface area contributed by atoms with Crippen molar-refractivity contribution in [3.05, 3.63) is 0 Å². The van der Waals surface area contributed by atoms with Crippen LogP contribution in [0.5, 0.6) is 0 Å². The Balaban J connectivity index is 2.91. The third-order valence-corrected chi connectivity index (χ3v) is 3.23. The van der Waals surface area contributed by atoms with Gasteiger partial charge < -0.3 is 5.32 Å². The molecule has 1 aliphatic heterocycles. The summed E-state index contributed by atoms with van der Waals surface area (Å²) in [5.41, 5.74) is 0. The first-order valence-corrected chi connectivity index (χ1v) is 5.45. The number of amides is 1. The first-order valence-electron chi connectivity index (χ1n) is 3.49. The molecule has 0 bridgehead atoms. The summed E-state index contributed by atoms with van der Waals surface area (Å²) in [4.78, 5) is 14.5. The highest BCUT2D eigenvalue weighted by atomic mass is 32.2. The Labute approximate surface area is 81.1 Å². The van der Waals surface area contributed by atoms with Crippen LogP contribution in [0.25, 0.3) is 0 Å². The lowest BCUT2D eigenvalue weighted by Gasteiger charge is -1.98. The smallest absolute Gasteiger partial charge is 0.237 e. The monoisotopic (exact) mass is 220 g/mol. The summed E-state index contributed by atoms with van der Waals surface area (Å²) < 4.78 is 21.1. The van der Waals surface area contributed by atoms with Crippen molar-refractivity contribution in [3.63, 3.8) is 0 Å². The van der Waals surface area contributed by atoms with E-state index in [9.17, 15) is 13.2 Å². The van der Waals surface area contributed by atoms with Crippen LogP contribution in [-0.4, -0.2) is 29.7 Å². The van der Waals surface area contributed by atoms with E-state index in [0.717, 1.165) is 0 Å². The van der Waals surface area contributed by atoms with E-state index in [4.69, 9.17) is 0 Å². The summed E-state index contributed by atoms with van der Waals surface area (Å²) in [6, 6.07) is 0. The third-order valence-electron chi connectivity index (χ3n) is 1.30. The van der Waals surface area contributed by atoms with Crippen LogP contribution in [0, 0.1) is 0 Å². The Hall–Kier alpha value is -0.820. The largest absolute Gasteiger partial charge is 0.305 e. The van der Waals surface area contributed by atoms with E-state index in [1.165, 1.54) is 18.7 Å². The van der Waals surface area contributed by atoms with Gasteiger partial charge in [-0.2, -0.15) is 8.42 Å². The number of amidine groups is 1. The molecule has 0 aromatic carbocycles. The number of hydrogen-bond acceptors (Lipinski definition) is 4. The molecule has 0 radical (unpaired) electrons. The highest BCUT2D eigenvalue weighted by molar-refractivity contribution is 8.16. The zero-order chi connectivity index (χ0) is 10.0. The molecule has 0 aromatic heterocycles. The SMILES string of the molecule is CC(=O)NC1=NC(=S(=O)=O)C(C)S1. The van der Waals surface area contributed by atoms with Gasteiger partial charge in [-0.1, -0.05) is 11.8 Å². The quantitative estimate of drug-likeness (QED) is 0.565. The minimum absolute atomic E-state index is 0.0775. The highest BCUT2D eigenvalue weighted by Gasteiger charge is 2.23. The molecule has 0 saturated heterocycles. The van der Waals surface area contributed by atoms with Gasteiger partial charge in [-0.25, -0.2) is 4.99 Å². The molecule has 0 fully saturated rings. The molecule has 1 amide bonds. The number of nitrogens with one attached hydrogen (secondary N) is 1. The van der Waals surface area contributed by atoms with Crippen LogP contribution in [0.4, 0.5) is 0 Å². The third kappa shape index (κ3) is 2.56. The molecule has 0 spiro atoms. The molecule has 0 aromatic rings. The molecule has 5 nitrogen and oxygen atoms in total. The van der Waals surface area contributed by atoms with Crippen molar-refractivity contribution in [2.24, 2.45) is 4.99 Å². The summed E-state index contributed by atoms with van der Waals surface area (Å²) in [7, 11) is -2.30. The number of aliphatic imine (C=N–C) groups is 1. The Kier molecular flexibility index (Phi) is 3.10. The van der Waals surface area contributed by atoms with E-state index in [1.54, 1.807) is 6.92 Å². The Morgan fingerprint density at radius 1 is 1.62 bits per heavy atom. The van der Waals surface area contributed by atoms with Gasteiger partial charge in [0.1, 0.15) is 0 Å². The number of carbonyl (C=O) groups is 1. The van der Waals surface area contributed by atoms with E-state index >= 15 is 0 Å². The minimum Gasteiger partial charge on any atom is -0.305 e. The predicted molar refractivity (Wildman–Crippen MR) is 52.2 cm³/mol. The summed E-state index contributed by atoms with van der Waals surface area (Å²) in [5.74, 6) is -0.253. The van der Waals surface area contributed by atoms with Crippen LogP contribution in [0.1, 0.15) is 13.8 Å². The van der Waals surface area contributed by atoms with Crippen molar-refractivity contribution >= 4 is 38.1 Å². The van der Waals surface area contributed by atoms with Gasteiger partial charge in [0.05, 0.1) is 5.25 Å². The number of hydrogen-bond donors (Lipinski definition) is 1. The van der Waals surface area contributed by atoms with Gasteiger partial charge >= 0.3 is 0 Å². The van der Waals surface area contributed by atoms with Crippen LogP contribution in [0.2, 0.25) is 0 Å². The molecule has 1 aliphatic rings. The molecule has 0 aliphatic carbocycles. The van der Waals surface area contributed by atoms with Crippen LogP contribution in [0.3, 0.4) is 0 Å². The lowest BCUT2D eigenvalue weighted by molar-refractivity contribution is -0.117. The van der Waals surface area contributed by atoms with Crippen molar-refractivity contribution in [2.75, 3.05) is 0 Å². The molecule has 1 N–H and O–H groups in total. The molecule has 1 heterocycles. The topological polar surface area (TPSA) is 75.6 Å². The Morgan fingerprint density at radius 2 is 2.23 bits per heavy atom. The number of rotatable bonds is 0. The van der Waals surface area contributed by atoms with Crippen molar-refractivity contribution in [1.82, 2.24) is 5.32 Å². The number of thioether (sulfide) groups is 1. The van der Waals surface area contributed by atoms with Crippen molar-refractivity contribution in [2.45, 2.75) is 19.1 Å². The maximum absolute atomic E-state index is 10.6. The second-order valence-electron chi connectivity index (χ2n) is 2.43. The van der Waals surface area contributed by atoms with Gasteiger partial charge in [0.2, 0.25) is 16.2 Å². The van der Waals surface area contributed by atoms with E-state index in [2.05, 4.69) is 10.3 Å². The van der Waals surface area contributed by atoms with Crippen LogP contribution >= 0.6 is 11.8 Å². The van der Waals surface area contributed by atoms with Gasteiger partial charge in [0.25, 0.3) is 0 Å². The summed E-state index contributed by atoms with van der Waals surface area (Å²) in [6.45, 7) is 3.06. The standard InChI is InChI=1S/C6H8N2O3S2/c1-3-5(13(10)11)8-6(12-3)7-4(2)9/h3H,1-2H3,(H,7,8,9). The van der Waals surface area contributed by atoms with Gasteiger partial charge in [0.15, 0.2) is 10.2 Å². The lowest BCUT2D eigenvalue weighted by atomic mass is 10.5. The first-order chi connectivity index (χ1) is 6.00. The van der Waals surface area contributed by atoms with Crippen molar-refractivity contribution in [3.8, 4) is 0 Å². The maximum Gasteiger partial charge on any atom is 0.237 e. The summed E-state index contributed by atoms with van der Waals surface area (Å²) >= 11 is 1.22. The minimum atomic E-state index is -2.30. The van der Waals surface area contributed by atoms with Gasteiger partial charge in [0, 0.05) is 6.92 Å². The second-order valence-corrected chi connectivity index (χ2v) is 4.65. The van der Waals surface area contributed by atoms with E-state index in [0.29, 0.717) is 5.17 Å². The molecule has 72 valence electrons. The molecular formula is C6H8N2O3S2. The van der Waals surface area contributed by atoms with E-state index in [1.807, 2.05) is 0 Å². The van der Waals surface area contributed by atoms with Crippen molar-refractivity contribution in [1.29, 1.82) is 0 Å². The molecule has 1 rings (SSSR count). The number of nitrogens with zero attached hydrogens (tertiary/aromatic N) is 1. The second kappa shape index (κ2) is 3.93.